The molecule has 7 heteroatoms. The number of nitrogens with one attached hydrogen (secondary N) is 1. The van der Waals surface area contributed by atoms with Crippen molar-refractivity contribution in [1.82, 2.24) is 15.0 Å². The second kappa shape index (κ2) is 6.57. The van der Waals surface area contributed by atoms with Gasteiger partial charge in [0.05, 0.1) is 17.7 Å². The van der Waals surface area contributed by atoms with Crippen LogP contribution in [0.4, 0.5) is 17.5 Å². The van der Waals surface area contributed by atoms with E-state index in [-0.39, 0.29) is 5.95 Å². The number of rotatable bonds is 5. The number of pyridine rings is 1. The first-order chi connectivity index (χ1) is 11.6. The molecule has 3 aromatic rings. The van der Waals surface area contributed by atoms with E-state index in [4.69, 9.17) is 16.2 Å². The molecule has 124 valence electrons. The van der Waals surface area contributed by atoms with E-state index in [1.165, 1.54) is 0 Å². The predicted molar refractivity (Wildman–Crippen MR) is 95.8 cm³/mol. The molecule has 0 fully saturated rings. The molecule has 24 heavy (non-hydrogen) atoms. The summed E-state index contributed by atoms with van der Waals surface area (Å²) in [7, 11) is 0. The lowest BCUT2D eigenvalue weighted by molar-refractivity contribution is 0.341. The Balaban J connectivity index is 1.90. The molecule has 2 heterocycles. The third kappa shape index (κ3) is 3.01. The van der Waals surface area contributed by atoms with Crippen molar-refractivity contribution < 1.29 is 4.74 Å². The first-order valence-electron chi connectivity index (χ1n) is 7.73. The van der Waals surface area contributed by atoms with E-state index in [0.717, 1.165) is 28.0 Å². The largest absolute Gasteiger partial charge is 0.492 e. The number of ether oxygens (including phenoxy) is 1. The van der Waals surface area contributed by atoms with E-state index in [2.05, 4.69) is 20.3 Å². The second-order valence-electron chi connectivity index (χ2n) is 5.36. The van der Waals surface area contributed by atoms with Crippen molar-refractivity contribution in [2.45, 2.75) is 20.4 Å². The molecule has 2 aromatic heterocycles. The van der Waals surface area contributed by atoms with Crippen molar-refractivity contribution in [2.75, 3.05) is 23.4 Å². The number of aryl methyl sites for hydroxylation is 1. The Bertz CT molecular complexity index is 880. The molecule has 0 aliphatic carbocycles. The van der Waals surface area contributed by atoms with Gasteiger partial charge in [-0.15, -0.1) is 0 Å². The number of benzene rings is 1. The third-order valence-corrected chi connectivity index (χ3v) is 3.79. The van der Waals surface area contributed by atoms with Crippen molar-refractivity contribution in [3.8, 4) is 5.75 Å². The highest BCUT2D eigenvalue weighted by Crippen LogP contribution is 2.27. The Hall–Kier alpha value is -3.09. The molecule has 0 saturated carbocycles. The number of hydrogen-bond acceptors (Lipinski definition) is 7. The summed E-state index contributed by atoms with van der Waals surface area (Å²) in [5.74, 6) is 1.30. The quantitative estimate of drug-likeness (QED) is 0.661. The van der Waals surface area contributed by atoms with Crippen LogP contribution in [0.15, 0.2) is 30.5 Å². The van der Waals surface area contributed by atoms with E-state index in [1.54, 1.807) is 6.20 Å². The summed E-state index contributed by atoms with van der Waals surface area (Å²) < 4.78 is 5.63. The van der Waals surface area contributed by atoms with Crippen LogP contribution < -0.4 is 21.5 Å². The Morgan fingerprint density at radius 1 is 1.17 bits per heavy atom. The Morgan fingerprint density at radius 3 is 2.75 bits per heavy atom. The van der Waals surface area contributed by atoms with Crippen molar-refractivity contribution >= 4 is 28.5 Å². The highest BCUT2D eigenvalue weighted by Gasteiger charge is 2.11. The predicted octanol–water partition coefficient (Wildman–Crippen LogP) is 2.51. The molecule has 0 bridgehead atoms. The van der Waals surface area contributed by atoms with E-state index in [9.17, 15) is 0 Å². The number of nitrogen functional groups attached to an aromatic ring is 2. The summed E-state index contributed by atoms with van der Waals surface area (Å²) in [4.78, 5) is 12.5. The van der Waals surface area contributed by atoms with Crippen LogP contribution in [0.2, 0.25) is 0 Å². The van der Waals surface area contributed by atoms with Crippen LogP contribution >= 0.6 is 0 Å². The number of nitrogens with two attached hydrogens (primary N) is 2. The van der Waals surface area contributed by atoms with Gasteiger partial charge in [-0.05, 0) is 37.1 Å². The van der Waals surface area contributed by atoms with Crippen LogP contribution in [-0.4, -0.2) is 21.6 Å². The normalized spacial score (nSPS) is 10.8. The highest BCUT2D eigenvalue weighted by molar-refractivity contribution is 5.90. The lowest BCUT2D eigenvalue weighted by atomic mass is 10.1. The zero-order chi connectivity index (χ0) is 17.1. The van der Waals surface area contributed by atoms with Gasteiger partial charge in [0.25, 0.3) is 0 Å². The summed E-state index contributed by atoms with van der Waals surface area (Å²) in [6.07, 6.45) is 1.78. The summed E-state index contributed by atoms with van der Waals surface area (Å²) >= 11 is 0. The van der Waals surface area contributed by atoms with Crippen LogP contribution in [0, 0.1) is 6.92 Å². The first-order valence-corrected chi connectivity index (χ1v) is 7.73. The van der Waals surface area contributed by atoms with Crippen LogP contribution in [0.3, 0.4) is 0 Å². The van der Waals surface area contributed by atoms with E-state index in [1.807, 2.05) is 38.1 Å². The molecule has 0 amide bonds. The number of hydrogen-bond donors (Lipinski definition) is 3. The fourth-order valence-electron chi connectivity index (χ4n) is 2.60. The zero-order valence-corrected chi connectivity index (χ0v) is 13.7. The minimum Gasteiger partial charge on any atom is -0.492 e. The molecule has 0 unspecified atom stereocenters. The summed E-state index contributed by atoms with van der Waals surface area (Å²) in [6, 6.07) is 7.82. The van der Waals surface area contributed by atoms with Crippen molar-refractivity contribution in [1.29, 1.82) is 0 Å². The average Bonchev–Trinajstić information content (AvgIpc) is 2.55. The van der Waals surface area contributed by atoms with Gasteiger partial charge in [0.1, 0.15) is 11.6 Å². The lowest BCUT2D eigenvalue weighted by Gasteiger charge is -2.14. The van der Waals surface area contributed by atoms with Crippen molar-refractivity contribution in [3.05, 3.63) is 41.6 Å². The van der Waals surface area contributed by atoms with Crippen LogP contribution in [-0.2, 0) is 6.54 Å². The smallest absolute Gasteiger partial charge is 0.224 e. The maximum absolute atomic E-state index is 5.99. The molecular formula is C17H20N6O. The molecule has 0 atom stereocenters. The lowest BCUT2D eigenvalue weighted by Crippen LogP contribution is -2.07. The second-order valence-corrected chi connectivity index (χ2v) is 5.36. The Kier molecular flexibility index (Phi) is 4.33. The number of anilines is 3. The number of aromatic nitrogens is 3. The topological polar surface area (TPSA) is 112 Å². The first kappa shape index (κ1) is 15.8. The number of nitrogens with zero attached hydrogens (tertiary/aromatic N) is 3. The molecule has 1 aromatic carbocycles. The summed E-state index contributed by atoms with van der Waals surface area (Å²) in [5, 5.41) is 4.12. The SMILES string of the molecule is CCOc1ccccc1NCc1cnc2nc(N)nc(N)c2c1C. The van der Waals surface area contributed by atoms with Gasteiger partial charge in [-0.25, -0.2) is 4.98 Å². The molecule has 3 rings (SSSR count). The van der Waals surface area contributed by atoms with Gasteiger partial charge in [0.2, 0.25) is 5.95 Å². The maximum atomic E-state index is 5.99. The van der Waals surface area contributed by atoms with Gasteiger partial charge in [-0.2, -0.15) is 9.97 Å². The molecule has 0 spiro atoms. The van der Waals surface area contributed by atoms with Gasteiger partial charge in [0.15, 0.2) is 5.65 Å². The maximum Gasteiger partial charge on any atom is 0.224 e. The Labute approximate surface area is 140 Å². The molecule has 5 N–H and O–H groups in total. The van der Waals surface area contributed by atoms with Gasteiger partial charge < -0.3 is 21.5 Å². The monoisotopic (exact) mass is 324 g/mol. The summed E-state index contributed by atoms with van der Waals surface area (Å²) in [5.41, 5.74) is 15.0. The fourth-order valence-corrected chi connectivity index (χ4v) is 2.60. The van der Waals surface area contributed by atoms with E-state index < -0.39 is 0 Å². The van der Waals surface area contributed by atoms with Crippen LogP contribution in [0.5, 0.6) is 5.75 Å². The van der Waals surface area contributed by atoms with Gasteiger partial charge >= 0.3 is 0 Å². The fraction of sp³-hybridized carbons (Fsp3) is 0.235. The number of para-hydroxylation sites is 2. The molecule has 7 nitrogen and oxygen atoms in total. The third-order valence-electron chi connectivity index (χ3n) is 3.79. The van der Waals surface area contributed by atoms with Crippen LogP contribution in [0.1, 0.15) is 18.1 Å². The van der Waals surface area contributed by atoms with Gasteiger partial charge in [-0.3, -0.25) is 0 Å². The molecule has 0 aliphatic rings. The minimum absolute atomic E-state index is 0.128. The van der Waals surface area contributed by atoms with E-state index in [0.29, 0.717) is 24.6 Å². The molecule has 0 radical (unpaired) electrons. The molecular weight excluding hydrogens is 304 g/mol. The molecule has 0 aliphatic heterocycles. The minimum atomic E-state index is 0.128. The standard InChI is InChI=1S/C17H20N6O/c1-3-24-13-7-5-4-6-12(13)20-8-11-9-21-16-14(10(11)2)15(18)22-17(19)23-16/h4-7,9,20H,3,8H2,1-2H3,(H4,18,19,21,22,23). The van der Waals surface area contributed by atoms with Crippen molar-refractivity contribution in [3.63, 3.8) is 0 Å². The Morgan fingerprint density at radius 2 is 1.96 bits per heavy atom. The van der Waals surface area contributed by atoms with Gasteiger partial charge in [0, 0.05) is 12.7 Å². The molecule has 0 saturated heterocycles. The average molecular weight is 324 g/mol. The zero-order valence-electron chi connectivity index (χ0n) is 13.7. The number of fused-ring (bicyclic) bond motifs is 1. The van der Waals surface area contributed by atoms with Crippen LogP contribution in [0.25, 0.3) is 11.0 Å². The van der Waals surface area contributed by atoms with Gasteiger partial charge in [-0.1, -0.05) is 12.1 Å². The van der Waals surface area contributed by atoms with Crippen molar-refractivity contribution in [2.24, 2.45) is 0 Å². The van der Waals surface area contributed by atoms with E-state index >= 15 is 0 Å². The highest BCUT2D eigenvalue weighted by atomic mass is 16.5. The summed E-state index contributed by atoms with van der Waals surface area (Å²) in [6.45, 7) is 5.14.